The number of nitrogens with one attached hydrogen (secondary N) is 1. The number of rotatable bonds is 4. The summed E-state index contributed by atoms with van der Waals surface area (Å²) in [5.74, 6) is 6.73. The Morgan fingerprint density at radius 1 is 1.65 bits per heavy atom. The van der Waals surface area contributed by atoms with Crippen molar-refractivity contribution in [2.24, 2.45) is 11.8 Å². The fourth-order valence-electron chi connectivity index (χ4n) is 2.27. The summed E-state index contributed by atoms with van der Waals surface area (Å²) in [6.07, 6.45) is 3.80. The molecule has 2 rings (SSSR count). The number of aromatic nitrogens is 1. The number of anilines is 1. The van der Waals surface area contributed by atoms with Gasteiger partial charge in [-0.25, -0.2) is 4.98 Å². The lowest BCUT2D eigenvalue weighted by atomic mass is 9.94. The predicted octanol–water partition coefficient (Wildman–Crippen LogP) is 0.903. The minimum absolute atomic E-state index is 0.0501. The van der Waals surface area contributed by atoms with Crippen LogP contribution < -0.4 is 17.0 Å². The van der Waals surface area contributed by atoms with E-state index in [9.17, 15) is 0 Å². The van der Waals surface area contributed by atoms with Gasteiger partial charge in [-0.3, -0.25) is 11.3 Å². The van der Waals surface area contributed by atoms with E-state index in [1.54, 1.807) is 6.20 Å². The highest BCUT2D eigenvalue weighted by molar-refractivity contribution is 5.42. The van der Waals surface area contributed by atoms with Crippen molar-refractivity contribution >= 4 is 5.82 Å². The molecule has 1 saturated heterocycles. The molecular formula is C12H20N4O. The summed E-state index contributed by atoms with van der Waals surface area (Å²) >= 11 is 0. The van der Waals surface area contributed by atoms with Crippen LogP contribution in [0, 0.1) is 12.8 Å². The van der Waals surface area contributed by atoms with Crippen molar-refractivity contribution in [2.75, 3.05) is 18.9 Å². The third kappa shape index (κ3) is 2.94. The number of pyridine rings is 1. The maximum atomic E-state index is 5.90. The maximum absolute atomic E-state index is 5.90. The molecule has 0 aliphatic carbocycles. The van der Waals surface area contributed by atoms with E-state index in [0.29, 0.717) is 11.7 Å². The number of ether oxygens (including phenoxy) is 1. The quantitative estimate of drug-likeness (QED) is 0.534. The largest absolute Gasteiger partial charge is 0.383 e. The molecule has 1 aromatic rings. The van der Waals surface area contributed by atoms with Crippen molar-refractivity contribution in [1.82, 2.24) is 10.4 Å². The highest BCUT2D eigenvalue weighted by atomic mass is 16.5. The predicted molar refractivity (Wildman–Crippen MR) is 67.0 cm³/mol. The first-order valence-corrected chi connectivity index (χ1v) is 5.96. The summed E-state index contributed by atoms with van der Waals surface area (Å²) in [5.41, 5.74) is 10.8. The summed E-state index contributed by atoms with van der Waals surface area (Å²) in [6, 6.07) is 2.09. The fraction of sp³-hybridized carbons (Fsp3) is 0.583. The third-order valence-corrected chi connectivity index (χ3v) is 3.26. The smallest absolute Gasteiger partial charge is 0.128 e. The van der Waals surface area contributed by atoms with Crippen LogP contribution in [-0.2, 0) is 4.74 Å². The van der Waals surface area contributed by atoms with E-state index in [2.05, 4.69) is 10.4 Å². The summed E-state index contributed by atoms with van der Waals surface area (Å²) in [7, 11) is 0. The average Bonchev–Trinajstić information content (AvgIpc) is 2.82. The van der Waals surface area contributed by atoms with Crippen molar-refractivity contribution in [1.29, 1.82) is 0 Å². The maximum Gasteiger partial charge on any atom is 0.128 e. The van der Waals surface area contributed by atoms with E-state index in [-0.39, 0.29) is 6.04 Å². The van der Waals surface area contributed by atoms with Gasteiger partial charge in [0.2, 0.25) is 0 Å². The standard InChI is InChI=1S/C12H20N4O/c1-8-4-10(12(13)15-6-8)11(16-14)5-9-2-3-17-7-9/h4,6,9,11,16H,2-3,5,7,14H2,1H3,(H2,13,15). The highest BCUT2D eigenvalue weighted by Gasteiger charge is 2.22. The van der Waals surface area contributed by atoms with Crippen molar-refractivity contribution < 1.29 is 4.74 Å². The van der Waals surface area contributed by atoms with Crippen molar-refractivity contribution in [3.8, 4) is 0 Å². The summed E-state index contributed by atoms with van der Waals surface area (Å²) < 4.78 is 5.38. The lowest BCUT2D eigenvalue weighted by molar-refractivity contribution is 0.181. The van der Waals surface area contributed by atoms with Gasteiger partial charge in [0.25, 0.3) is 0 Å². The number of nitrogens with two attached hydrogens (primary N) is 2. The van der Waals surface area contributed by atoms with Gasteiger partial charge >= 0.3 is 0 Å². The molecule has 1 aliphatic rings. The average molecular weight is 236 g/mol. The van der Waals surface area contributed by atoms with Crippen molar-refractivity contribution in [2.45, 2.75) is 25.8 Å². The second-order valence-electron chi connectivity index (χ2n) is 4.67. The van der Waals surface area contributed by atoms with E-state index in [1.165, 1.54) is 0 Å². The van der Waals surface area contributed by atoms with Crippen LogP contribution in [0.2, 0.25) is 0 Å². The Labute approximate surface area is 102 Å². The van der Waals surface area contributed by atoms with Gasteiger partial charge in [0.15, 0.2) is 0 Å². The Bertz CT molecular complexity index is 377. The molecule has 5 heteroatoms. The van der Waals surface area contributed by atoms with Gasteiger partial charge in [-0.2, -0.15) is 0 Å². The number of aryl methyl sites for hydroxylation is 1. The molecule has 1 aliphatic heterocycles. The molecule has 2 unspecified atom stereocenters. The van der Waals surface area contributed by atoms with Crippen LogP contribution >= 0.6 is 0 Å². The monoisotopic (exact) mass is 236 g/mol. The molecule has 0 aromatic carbocycles. The molecule has 5 nitrogen and oxygen atoms in total. The van der Waals surface area contributed by atoms with Crippen LogP contribution in [-0.4, -0.2) is 18.2 Å². The molecule has 1 fully saturated rings. The van der Waals surface area contributed by atoms with Gasteiger partial charge in [-0.15, -0.1) is 0 Å². The van der Waals surface area contributed by atoms with E-state index in [0.717, 1.165) is 37.2 Å². The first-order chi connectivity index (χ1) is 8.20. The van der Waals surface area contributed by atoms with E-state index < -0.39 is 0 Å². The van der Waals surface area contributed by atoms with Gasteiger partial charge in [0, 0.05) is 31.0 Å². The summed E-state index contributed by atoms with van der Waals surface area (Å²) in [4.78, 5) is 4.17. The topological polar surface area (TPSA) is 86.2 Å². The molecule has 0 spiro atoms. The minimum atomic E-state index is 0.0501. The zero-order valence-corrected chi connectivity index (χ0v) is 10.1. The number of nitrogen functional groups attached to an aromatic ring is 1. The molecule has 5 N–H and O–H groups in total. The molecular weight excluding hydrogens is 216 g/mol. The molecule has 0 amide bonds. The molecule has 1 aromatic heterocycles. The Hall–Kier alpha value is -1.17. The zero-order chi connectivity index (χ0) is 12.3. The van der Waals surface area contributed by atoms with Gasteiger partial charge in [-0.1, -0.05) is 0 Å². The van der Waals surface area contributed by atoms with Gasteiger partial charge in [0.1, 0.15) is 5.82 Å². The molecule has 2 heterocycles. The van der Waals surface area contributed by atoms with Crippen molar-refractivity contribution in [3.05, 3.63) is 23.4 Å². The van der Waals surface area contributed by atoms with Gasteiger partial charge < -0.3 is 10.5 Å². The van der Waals surface area contributed by atoms with Crippen LogP contribution in [0.3, 0.4) is 0 Å². The lowest BCUT2D eigenvalue weighted by Crippen LogP contribution is -2.30. The highest BCUT2D eigenvalue weighted by Crippen LogP contribution is 2.28. The number of hydrogen-bond donors (Lipinski definition) is 3. The second kappa shape index (κ2) is 5.44. The van der Waals surface area contributed by atoms with E-state index in [1.807, 2.05) is 13.0 Å². The SMILES string of the molecule is Cc1cnc(N)c(C(CC2CCOC2)NN)c1. The Morgan fingerprint density at radius 2 is 2.47 bits per heavy atom. The number of hydrogen-bond acceptors (Lipinski definition) is 5. The van der Waals surface area contributed by atoms with Crippen LogP contribution in [0.25, 0.3) is 0 Å². The normalized spacial score (nSPS) is 21.6. The first kappa shape index (κ1) is 12.3. The van der Waals surface area contributed by atoms with Crippen LogP contribution in [0.5, 0.6) is 0 Å². The third-order valence-electron chi connectivity index (χ3n) is 3.26. The Morgan fingerprint density at radius 3 is 3.12 bits per heavy atom. The molecule has 94 valence electrons. The Kier molecular flexibility index (Phi) is 3.93. The Balaban J connectivity index is 2.13. The molecule has 0 radical (unpaired) electrons. The van der Waals surface area contributed by atoms with Gasteiger partial charge in [-0.05, 0) is 37.3 Å². The molecule has 17 heavy (non-hydrogen) atoms. The van der Waals surface area contributed by atoms with Crippen molar-refractivity contribution in [3.63, 3.8) is 0 Å². The van der Waals surface area contributed by atoms with Crippen LogP contribution in [0.15, 0.2) is 12.3 Å². The van der Waals surface area contributed by atoms with Crippen LogP contribution in [0.1, 0.15) is 30.0 Å². The number of nitrogens with zero attached hydrogens (tertiary/aromatic N) is 1. The summed E-state index contributed by atoms with van der Waals surface area (Å²) in [5, 5.41) is 0. The van der Waals surface area contributed by atoms with Crippen LogP contribution in [0.4, 0.5) is 5.82 Å². The number of hydrazine groups is 1. The molecule has 0 saturated carbocycles. The summed E-state index contributed by atoms with van der Waals surface area (Å²) in [6.45, 7) is 3.67. The molecule has 0 bridgehead atoms. The lowest BCUT2D eigenvalue weighted by Gasteiger charge is -2.20. The second-order valence-corrected chi connectivity index (χ2v) is 4.67. The fourth-order valence-corrected chi connectivity index (χ4v) is 2.27. The first-order valence-electron chi connectivity index (χ1n) is 5.96. The van der Waals surface area contributed by atoms with E-state index in [4.69, 9.17) is 16.3 Å². The molecule has 2 atom stereocenters. The minimum Gasteiger partial charge on any atom is -0.383 e. The van der Waals surface area contributed by atoms with Gasteiger partial charge in [0.05, 0.1) is 0 Å². The van der Waals surface area contributed by atoms with E-state index >= 15 is 0 Å². The zero-order valence-electron chi connectivity index (χ0n) is 10.1.